The van der Waals surface area contributed by atoms with Crippen LogP contribution >= 0.6 is 0 Å². The normalized spacial score (nSPS) is 26.8. The van der Waals surface area contributed by atoms with Gasteiger partial charge in [-0.3, -0.25) is 14.4 Å². The summed E-state index contributed by atoms with van der Waals surface area (Å²) in [5.74, 6) is -0.0688. The summed E-state index contributed by atoms with van der Waals surface area (Å²) >= 11 is 0. The molecule has 1 aromatic heterocycles. The lowest BCUT2D eigenvalue weighted by molar-refractivity contribution is -0.145. The number of methoxy groups -OCH3 is 1. The van der Waals surface area contributed by atoms with Crippen molar-refractivity contribution in [3.63, 3.8) is 0 Å². The van der Waals surface area contributed by atoms with Crippen molar-refractivity contribution >= 4 is 38.6 Å². The quantitative estimate of drug-likeness (QED) is 0.437. The molecule has 1 N–H and O–H groups in total. The molecule has 8 rings (SSSR count). The molecule has 3 fully saturated rings. The maximum atomic E-state index is 14.8. The Hall–Kier alpha value is -3.86. The molecule has 3 amide bonds. The number of allylic oxidation sites excluding steroid dienone is 4. The first kappa shape index (κ1) is 33.3. The predicted octanol–water partition coefficient (Wildman–Crippen LogP) is 5.30. The summed E-state index contributed by atoms with van der Waals surface area (Å²) in [6.07, 6.45) is 12.8. The number of ether oxygens (including phenoxy) is 1. The number of hydrogen-bond donors (Lipinski definition) is 1. The Labute approximate surface area is 294 Å². The number of aromatic nitrogens is 1. The van der Waals surface area contributed by atoms with Crippen LogP contribution in [0.1, 0.15) is 94.7 Å². The van der Waals surface area contributed by atoms with Crippen molar-refractivity contribution in [1.82, 2.24) is 19.1 Å². The minimum Gasteiger partial charge on any atom is -0.496 e. The van der Waals surface area contributed by atoms with Crippen LogP contribution in [-0.2, 0) is 31.0 Å². The molecule has 2 aromatic rings. The number of benzene rings is 1. The van der Waals surface area contributed by atoms with Gasteiger partial charge in [-0.15, -0.1) is 0 Å². The van der Waals surface area contributed by atoms with Crippen molar-refractivity contribution in [2.24, 2.45) is 11.3 Å². The van der Waals surface area contributed by atoms with Gasteiger partial charge in [0.25, 0.3) is 5.91 Å². The molecule has 1 aromatic carbocycles. The fraction of sp³-hybridized carbons (Fsp3) is 0.564. The standard InChI is InChI=1S/C39H48N4O6S/c1-23(2)50(47,48)40-36(44)34-29-21-43-30(20-28-31(49-4)15-14-25(35(28)43)24-10-6-5-7-11-24)32-26(33(29)34)12-8-13-27(32)37(45)42-18-9-16-39(22-42)17-19-41(3)38(39)46/h8,12,14-15,20,23-24,27,32H,5-7,9-11,13,16-19,21-22H2,1-4H3,(H,40,44)/t27-,32?,39?/m1/s1. The van der Waals surface area contributed by atoms with Gasteiger partial charge in [-0.05, 0) is 92.7 Å². The molecule has 3 aliphatic carbocycles. The highest BCUT2D eigenvalue weighted by Crippen LogP contribution is 2.55. The van der Waals surface area contributed by atoms with E-state index in [1.165, 1.54) is 24.8 Å². The van der Waals surface area contributed by atoms with Crippen molar-refractivity contribution < 1.29 is 27.5 Å². The highest BCUT2D eigenvalue weighted by Gasteiger charge is 2.52. The Morgan fingerprint density at radius 2 is 1.84 bits per heavy atom. The van der Waals surface area contributed by atoms with Crippen LogP contribution in [-0.4, -0.2) is 79.5 Å². The van der Waals surface area contributed by atoms with Crippen molar-refractivity contribution in [3.8, 4) is 5.75 Å². The van der Waals surface area contributed by atoms with E-state index in [0.717, 1.165) is 71.2 Å². The summed E-state index contributed by atoms with van der Waals surface area (Å²) in [4.78, 5) is 45.6. The van der Waals surface area contributed by atoms with Crippen LogP contribution in [0.15, 0.2) is 52.6 Å². The van der Waals surface area contributed by atoms with Gasteiger partial charge in [-0.2, -0.15) is 0 Å². The molecule has 2 unspecified atom stereocenters. The lowest BCUT2D eigenvalue weighted by Crippen LogP contribution is -2.51. The monoisotopic (exact) mass is 700 g/mol. The maximum absolute atomic E-state index is 14.8. The highest BCUT2D eigenvalue weighted by molar-refractivity contribution is 7.90. The number of carbonyl (C=O) groups excluding carboxylic acids is 3. The molecule has 1 spiro atoms. The van der Waals surface area contributed by atoms with Crippen LogP contribution in [0.25, 0.3) is 10.9 Å². The third-order valence-corrected chi connectivity index (χ3v) is 14.2. The summed E-state index contributed by atoms with van der Waals surface area (Å²) in [6.45, 7) is 5.27. The van der Waals surface area contributed by atoms with Gasteiger partial charge in [0.1, 0.15) is 5.75 Å². The lowest BCUT2D eigenvalue weighted by Gasteiger charge is -2.42. The van der Waals surface area contributed by atoms with Gasteiger partial charge in [-0.25, -0.2) is 13.1 Å². The molecule has 0 radical (unpaired) electrons. The van der Waals surface area contributed by atoms with E-state index in [2.05, 4.69) is 27.5 Å². The smallest absolute Gasteiger partial charge is 0.265 e. The van der Waals surface area contributed by atoms with E-state index in [9.17, 15) is 22.8 Å². The minimum absolute atomic E-state index is 0.0349. The van der Waals surface area contributed by atoms with E-state index in [0.29, 0.717) is 44.1 Å². The molecular formula is C39H48N4O6S. The summed E-state index contributed by atoms with van der Waals surface area (Å²) < 4.78 is 36.2. The number of piperidine rings is 1. The molecule has 2 saturated heterocycles. The summed E-state index contributed by atoms with van der Waals surface area (Å²) in [7, 11) is -0.310. The number of rotatable bonds is 6. The molecule has 50 heavy (non-hydrogen) atoms. The van der Waals surface area contributed by atoms with Crippen LogP contribution in [0.5, 0.6) is 5.75 Å². The number of carbonyl (C=O) groups is 3. The summed E-state index contributed by atoms with van der Waals surface area (Å²) in [5.41, 5.74) is 5.75. The fourth-order valence-electron chi connectivity index (χ4n) is 9.73. The molecule has 3 aliphatic heterocycles. The molecule has 6 aliphatic rings. The van der Waals surface area contributed by atoms with Crippen molar-refractivity contribution in [3.05, 3.63) is 63.9 Å². The lowest BCUT2D eigenvalue weighted by atomic mass is 9.74. The Bertz CT molecular complexity index is 2010. The largest absolute Gasteiger partial charge is 0.496 e. The predicted molar refractivity (Wildman–Crippen MR) is 191 cm³/mol. The van der Waals surface area contributed by atoms with Crippen LogP contribution in [0, 0.1) is 11.3 Å². The Morgan fingerprint density at radius 1 is 1.06 bits per heavy atom. The highest BCUT2D eigenvalue weighted by atomic mass is 32.2. The van der Waals surface area contributed by atoms with Gasteiger partial charge >= 0.3 is 0 Å². The van der Waals surface area contributed by atoms with Gasteiger partial charge in [-0.1, -0.05) is 37.5 Å². The topological polar surface area (TPSA) is 118 Å². The third-order valence-electron chi connectivity index (χ3n) is 12.5. The first-order valence-electron chi connectivity index (χ1n) is 18.4. The van der Waals surface area contributed by atoms with Crippen LogP contribution in [0.2, 0.25) is 0 Å². The second-order valence-corrected chi connectivity index (χ2v) is 17.9. The van der Waals surface area contributed by atoms with Gasteiger partial charge in [0, 0.05) is 50.2 Å². The van der Waals surface area contributed by atoms with Crippen LogP contribution in [0.3, 0.4) is 0 Å². The molecule has 10 nitrogen and oxygen atoms in total. The zero-order valence-corrected chi connectivity index (χ0v) is 30.4. The molecule has 1 saturated carbocycles. The number of nitrogens with zero attached hydrogens (tertiary/aromatic N) is 3. The van der Waals surface area contributed by atoms with Gasteiger partial charge in [0.15, 0.2) is 0 Å². The number of likely N-dealkylation sites (tertiary alicyclic amines) is 2. The Morgan fingerprint density at radius 3 is 2.54 bits per heavy atom. The first-order chi connectivity index (χ1) is 24.0. The Kier molecular flexibility index (Phi) is 8.08. The summed E-state index contributed by atoms with van der Waals surface area (Å²) in [5, 5.41) is 0.243. The van der Waals surface area contributed by atoms with Crippen molar-refractivity contribution in [1.29, 1.82) is 0 Å². The zero-order valence-electron chi connectivity index (χ0n) is 29.6. The number of nitrogens with one attached hydrogen (secondary N) is 1. The number of hydrogen-bond acceptors (Lipinski definition) is 6. The average Bonchev–Trinajstić information content (AvgIpc) is 3.66. The Balaban J connectivity index is 1.27. The third kappa shape index (κ3) is 5.16. The van der Waals surface area contributed by atoms with Gasteiger partial charge < -0.3 is 19.1 Å². The minimum atomic E-state index is -3.85. The van der Waals surface area contributed by atoms with Gasteiger partial charge in [0.05, 0.1) is 34.8 Å². The van der Waals surface area contributed by atoms with E-state index in [4.69, 9.17) is 4.74 Å². The molecular weight excluding hydrogens is 653 g/mol. The second-order valence-electron chi connectivity index (χ2n) is 15.7. The SMILES string of the molecule is COc1ccc(C2CCCCC2)c2c1cc1n2CC2=C(C(=O)NS(=O)(=O)C(C)C)C2=C2C=CC[C@@H](C(=O)N3CCCC4(CCN(C)C4=O)C3)C21. The number of amides is 3. The summed E-state index contributed by atoms with van der Waals surface area (Å²) in [6, 6.07) is 6.46. The molecule has 4 heterocycles. The van der Waals surface area contributed by atoms with Crippen molar-refractivity contribution in [2.75, 3.05) is 33.8 Å². The van der Waals surface area contributed by atoms with E-state index >= 15 is 0 Å². The molecule has 3 atom stereocenters. The second kappa shape index (κ2) is 12.1. The first-order valence-corrected chi connectivity index (χ1v) is 20.0. The van der Waals surface area contributed by atoms with Crippen LogP contribution < -0.4 is 9.46 Å². The number of sulfonamides is 1. The maximum Gasteiger partial charge on any atom is 0.265 e. The van der Waals surface area contributed by atoms with Crippen molar-refractivity contribution in [2.45, 2.75) is 95.3 Å². The fourth-order valence-corrected chi connectivity index (χ4v) is 10.3. The van der Waals surface area contributed by atoms with Crippen LogP contribution in [0.4, 0.5) is 0 Å². The molecule has 266 valence electrons. The number of fused-ring (bicyclic) bond motifs is 6. The molecule has 0 bridgehead atoms. The van der Waals surface area contributed by atoms with E-state index in [-0.39, 0.29) is 17.7 Å². The zero-order chi connectivity index (χ0) is 35.1. The van der Waals surface area contributed by atoms with Gasteiger partial charge in [0.2, 0.25) is 21.8 Å². The van der Waals surface area contributed by atoms with E-state index in [1.807, 2.05) is 24.1 Å². The molecule has 11 heteroatoms. The van der Waals surface area contributed by atoms with E-state index in [1.54, 1.807) is 25.9 Å². The average molecular weight is 701 g/mol. The van der Waals surface area contributed by atoms with E-state index < -0.39 is 32.5 Å².